The Morgan fingerprint density at radius 3 is 2.72 bits per heavy atom. The molecular weight excluding hydrogens is 318 g/mol. The lowest BCUT2D eigenvalue weighted by atomic mass is 10.1. The summed E-state index contributed by atoms with van der Waals surface area (Å²) in [7, 11) is 1.61. The van der Waals surface area contributed by atoms with Gasteiger partial charge < -0.3 is 15.2 Å². The van der Waals surface area contributed by atoms with Crippen LogP contribution < -0.4 is 10.1 Å². The summed E-state index contributed by atoms with van der Waals surface area (Å²) in [5, 5.41) is 18.7. The van der Waals surface area contributed by atoms with E-state index in [1.165, 1.54) is 0 Å². The van der Waals surface area contributed by atoms with Crippen molar-refractivity contribution in [2.24, 2.45) is 0 Å². The van der Waals surface area contributed by atoms with Crippen LogP contribution in [0.15, 0.2) is 54.6 Å². The highest BCUT2D eigenvalue weighted by Crippen LogP contribution is 2.23. The molecule has 1 heterocycles. The van der Waals surface area contributed by atoms with E-state index < -0.39 is 0 Å². The summed E-state index contributed by atoms with van der Waals surface area (Å²) in [5.41, 5.74) is 3.61. The molecule has 2 aromatic carbocycles. The van der Waals surface area contributed by atoms with Crippen LogP contribution in [0.3, 0.4) is 0 Å². The molecule has 0 bridgehead atoms. The van der Waals surface area contributed by atoms with E-state index in [0.29, 0.717) is 23.5 Å². The molecule has 0 aliphatic carbocycles. The first-order valence-electron chi connectivity index (χ1n) is 7.90. The van der Waals surface area contributed by atoms with Crippen LogP contribution in [0.25, 0.3) is 11.3 Å². The number of hydrogen-bond donors (Lipinski definition) is 3. The third kappa shape index (κ3) is 4.05. The molecule has 6 nitrogen and oxygen atoms in total. The summed E-state index contributed by atoms with van der Waals surface area (Å²) in [5.74, 6) is 0.464. The third-order valence-electron chi connectivity index (χ3n) is 3.80. The monoisotopic (exact) mass is 337 g/mol. The predicted molar refractivity (Wildman–Crippen MR) is 95.8 cm³/mol. The molecule has 0 saturated carbocycles. The minimum Gasteiger partial charge on any atom is -0.497 e. The molecule has 6 heteroatoms. The average Bonchev–Trinajstić information content (AvgIpc) is 3.14. The van der Waals surface area contributed by atoms with Gasteiger partial charge in [0.2, 0.25) is 0 Å². The molecule has 0 unspecified atom stereocenters. The Morgan fingerprint density at radius 1 is 1.20 bits per heavy atom. The molecule has 0 atom stereocenters. The second-order valence-electron chi connectivity index (χ2n) is 5.52. The SMILES string of the molecule is COc1cccc(-c2cc(C(=O)Nc3ccc(CCO)cc3)[nH]n2)c1. The van der Waals surface area contributed by atoms with Gasteiger partial charge in [0, 0.05) is 17.9 Å². The highest BCUT2D eigenvalue weighted by atomic mass is 16.5. The minimum atomic E-state index is -0.267. The summed E-state index contributed by atoms with van der Waals surface area (Å²) in [6.07, 6.45) is 0.596. The van der Waals surface area contributed by atoms with Crippen LogP contribution in [0.1, 0.15) is 16.1 Å². The van der Waals surface area contributed by atoms with Gasteiger partial charge in [-0.1, -0.05) is 24.3 Å². The Morgan fingerprint density at radius 2 is 2.00 bits per heavy atom. The number of H-pyrrole nitrogens is 1. The molecule has 0 aliphatic rings. The number of amides is 1. The lowest BCUT2D eigenvalue weighted by molar-refractivity contribution is 0.102. The molecule has 3 N–H and O–H groups in total. The van der Waals surface area contributed by atoms with Gasteiger partial charge in [0.25, 0.3) is 5.91 Å². The highest BCUT2D eigenvalue weighted by Gasteiger charge is 2.12. The van der Waals surface area contributed by atoms with Crippen LogP contribution in [0.4, 0.5) is 5.69 Å². The third-order valence-corrected chi connectivity index (χ3v) is 3.80. The van der Waals surface area contributed by atoms with Crippen LogP contribution in [0.5, 0.6) is 5.75 Å². The van der Waals surface area contributed by atoms with E-state index in [9.17, 15) is 4.79 Å². The number of methoxy groups -OCH3 is 1. The normalized spacial score (nSPS) is 10.5. The number of nitrogens with zero attached hydrogens (tertiary/aromatic N) is 1. The Kier molecular flexibility index (Phi) is 5.11. The van der Waals surface area contributed by atoms with Crippen LogP contribution in [0.2, 0.25) is 0 Å². The van der Waals surface area contributed by atoms with Gasteiger partial charge in [-0.05, 0) is 42.3 Å². The van der Waals surface area contributed by atoms with Crippen LogP contribution in [0, 0.1) is 0 Å². The van der Waals surface area contributed by atoms with E-state index >= 15 is 0 Å². The number of benzene rings is 2. The molecule has 3 aromatic rings. The first kappa shape index (κ1) is 16.7. The summed E-state index contributed by atoms with van der Waals surface area (Å²) in [6, 6.07) is 16.5. The number of hydrogen-bond acceptors (Lipinski definition) is 4. The second-order valence-corrected chi connectivity index (χ2v) is 5.52. The molecule has 0 spiro atoms. The average molecular weight is 337 g/mol. The number of carbonyl (C=O) groups is 1. The molecule has 0 fully saturated rings. The van der Waals surface area contributed by atoms with Crippen molar-refractivity contribution in [3.63, 3.8) is 0 Å². The molecular formula is C19H19N3O3. The number of nitrogens with one attached hydrogen (secondary N) is 2. The fourth-order valence-electron chi connectivity index (χ4n) is 2.45. The summed E-state index contributed by atoms with van der Waals surface area (Å²) >= 11 is 0. The van der Waals surface area contributed by atoms with Crippen molar-refractivity contribution in [3.05, 3.63) is 65.9 Å². The van der Waals surface area contributed by atoms with Gasteiger partial charge in [-0.25, -0.2) is 0 Å². The van der Waals surface area contributed by atoms with Gasteiger partial charge in [-0.2, -0.15) is 5.10 Å². The number of rotatable bonds is 6. The molecule has 0 aliphatic heterocycles. The Balaban J connectivity index is 1.71. The standard InChI is InChI=1S/C19H19N3O3/c1-25-16-4-2-3-14(11-16)17-12-18(22-21-17)19(24)20-15-7-5-13(6-8-15)9-10-23/h2-8,11-12,23H,9-10H2,1H3,(H,20,24)(H,21,22). The highest BCUT2D eigenvalue weighted by molar-refractivity contribution is 6.03. The maximum atomic E-state index is 12.3. The number of aromatic nitrogens is 2. The molecule has 1 amide bonds. The second kappa shape index (κ2) is 7.63. The number of aliphatic hydroxyl groups is 1. The maximum absolute atomic E-state index is 12.3. The maximum Gasteiger partial charge on any atom is 0.273 e. The van der Waals surface area contributed by atoms with E-state index in [1.54, 1.807) is 13.2 Å². The van der Waals surface area contributed by atoms with Crippen molar-refractivity contribution in [1.82, 2.24) is 10.2 Å². The van der Waals surface area contributed by atoms with Crippen molar-refractivity contribution in [2.75, 3.05) is 19.0 Å². The zero-order chi connectivity index (χ0) is 17.6. The van der Waals surface area contributed by atoms with E-state index in [2.05, 4.69) is 15.5 Å². The Hall–Kier alpha value is -3.12. The molecule has 0 radical (unpaired) electrons. The van der Waals surface area contributed by atoms with Gasteiger partial charge >= 0.3 is 0 Å². The molecule has 128 valence electrons. The lowest BCUT2D eigenvalue weighted by Crippen LogP contribution is -2.12. The van der Waals surface area contributed by atoms with Gasteiger partial charge in [0.1, 0.15) is 11.4 Å². The minimum absolute atomic E-state index is 0.104. The van der Waals surface area contributed by atoms with Crippen molar-refractivity contribution in [3.8, 4) is 17.0 Å². The van der Waals surface area contributed by atoms with Gasteiger partial charge in [-0.3, -0.25) is 9.89 Å². The van der Waals surface area contributed by atoms with E-state index in [-0.39, 0.29) is 12.5 Å². The van der Waals surface area contributed by atoms with E-state index in [4.69, 9.17) is 9.84 Å². The van der Waals surface area contributed by atoms with E-state index in [1.807, 2.05) is 48.5 Å². The van der Waals surface area contributed by atoms with Gasteiger partial charge in [-0.15, -0.1) is 0 Å². The predicted octanol–water partition coefficient (Wildman–Crippen LogP) is 2.87. The van der Waals surface area contributed by atoms with Crippen LogP contribution in [-0.4, -0.2) is 34.9 Å². The smallest absolute Gasteiger partial charge is 0.273 e. The van der Waals surface area contributed by atoms with Gasteiger partial charge in [0.05, 0.1) is 12.8 Å². The lowest BCUT2D eigenvalue weighted by Gasteiger charge is -2.04. The fraction of sp³-hybridized carbons (Fsp3) is 0.158. The zero-order valence-electron chi connectivity index (χ0n) is 13.8. The number of carbonyl (C=O) groups excluding carboxylic acids is 1. The largest absolute Gasteiger partial charge is 0.497 e. The number of anilines is 1. The van der Waals surface area contributed by atoms with Crippen molar-refractivity contribution >= 4 is 11.6 Å². The summed E-state index contributed by atoms with van der Waals surface area (Å²) < 4.78 is 5.20. The number of aliphatic hydroxyl groups excluding tert-OH is 1. The van der Waals surface area contributed by atoms with Crippen molar-refractivity contribution < 1.29 is 14.6 Å². The zero-order valence-corrected chi connectivity index (χ0v) is 13.8. The number of aromatic amines is 1. The number of ether oxygens (including phenoxy) is 1. The van der Waals surface area contributed by atoms with E-state index in [0.717, 1.165) is 16.9 Å². The Bertz CT molecular complexity index is 856. The summed E-state index contributed by atoms with van der Waals surface area (Å²) in [4.78, 5) is 12.3. The van der Waals surface area contributed by atoms with Crippen molar-refractivity contribution in [1.29, 1.82) is 0 Å². The molecule has 25 heavy (non-hydrogen) atoms. The summed E-state index contributed by atoms with van der Waals surface area (Å²) in [6.45, 7) is 0.104. The molecule has 0 saturated heterocycles. The molecule has 1 aromatic heterocycles. The van der Waals surface area contributed by atoms with Crippen molar-refractivity contribution in [2.45, 2.75) is 6.42 Å². The quantitative estimate of drug-likeness (QED) is 0.645. The van der Waals surface area contributed by atoms with Gasteiger partial charge in [0.15, 0.2) is 0 Å². The first-order valence-corrected chi connectivity index (χ1v) is 7.90. The Labute approximate surface area is 145 Å². The first-order chi connectivity index (χ1) is 12.2. The van der Waals surface area contributed by atoms with Crippen LogP contribution >= 0.6 is 0 Å². The topological polar surface area (TPSA) is 87.2 Å². The fourth-order valence-corrected chi connectivity index (χ4v) is 2.45. The van der Waals surface area contributed by atoms with Crippen LogP contribution in [-0.2, 0) is 6.42 Å². The molecule has 3 rings (SSSR count).